The molecule has 1 fully saturated rings. The summed E-state index contributed by atoms with van der Waals surface area (Å²) in [7, 11) is 0. The first-order chi connectivity index (χ1) is 12.4. The third-order valence-electron chi connectivity index (χ3n) is 5.25. The van der Waals surface area contributed by atoms with Crippen molar-refractivity contribution >= 4 is 5.69 Å². The number of nitrogens with zero attached hydrogens (tertiary/aromatic N) is 2. The van der Waals surface area contributed by atoms with E-state index in [-0.39, 0.29) is 0 Å². The van der Waals surface area contributed by atoms with Crippen LogP contribution in [0.3, 0.4) is 0 Å². The third kappa shape index (κ3) is 5.34. The molecule has 0 spiro atoms. The predicted octanol–water partition coefficient (Wildman–Crippen LogP) is 5.13. The van der Waals surface area contributed by atoms with Crippen LogP contribution in [0.1, 0.15) is 43.7 Å². The summed E-state index contributed by atoms with van der Waals surface area (Å²) in [6.45, 7) is 7.94. The molecule has 2 nitrogen and oxygen atoms in total. The van der Waals surface area contributed by atoms with E-state index in [1.807, 2.05) is 0 Å². The minimum absolute atomic E-state index is 1.08. The molecule has 1 aliphatic heterocycles. The normalized spacial score (nSPS) is 15.5. The Bertz CT molecular complexity index is 615. The van der Waals surface area contributed by atoms with E-state index >= 15 is 0 Å². The fourth-order valence-corrected chi connectivity index (χ4v) is 3.76. The zero-order valence-corrected chi connectivity index (χ0v) is 15.7. The number of piperazine rings is 1. The van der Waals surface area contributed by atoms with Gasteiger partial charge in [0.25, 0.3) is 0 Å². The molecule has 0 aromatic heterocycles. The first-order valence-electron chi connectivity index (χ1n) is 9.96. The fraction of sp³-hybridized carbons (Fsp3) is 0.478. The topological polar surface area (TPSA) is 6.48 Å². The summed E-state index contributed by atoms with van der Waals surface area (Å²) in [5.41, 5.74) is 4.43. The number of hydrogen-bond donors (Lipinski definition) is 0. The average Bonchev–Trinajstić information content (AvgIpc) is 2.67. The first-order valence-corrected chi connectivity index (χ1v) is 9.96. The molecule has 1 heterocycles. The van der Waals surface area contributed by atoms with Crippen molar-refractivity contribution in [3.8, 4) is 0 Å². The molecule has 0 amide bonds. The van der Waals surface area contributed by atoms with Gasteiger partial charge in [-0.15, -0.1) is 0 Å². The van der Waals surface area contributed by atoms with E-state index in [9.17, 15) is 0 Å². The largest absolute Gasteiger partial charge is 0.369 e. The zero-order valence-electron chi connectivity index (χ0n) is 15.7. The second-order valence-corrected chi connectivity index (χ2v) is 7.19. The Kier molecular flexibility index (Phi) is 6.93. The van der Waals surface area contributed by atoms with Crippen LogP contribution in [-0.2, 0) is 13.0 Å². The molecule has 0 atom stereocenters. The van der Waals surface area contributed by atoms with Gasteiger partial charge in [0.05, 0.1) is 0 Å². The maximum Gasteiger partial charge on any atom is 0.0399 e. The van der Waals surface area contributed by atoms with Gasteiger partial charge in [-0.05, 0) is 30.0 Å². The highest BCUT2D eigenvalue weighted by atomic mass is 15.3. The van der Waals surface area contributed by atoms with Gasteiger partial charge >= 0.3 is 0 Å². The molecule has 2 aromatic rings. The van der Waals surface area contributed by atoms with Crippen molar-refractivity contribution in [1.82, 2.24) is 4.90 Å². The molecule has 0 radical (unpaired) electrons. The van der Waals surface area contributed by atoms with Crippen LogP contribution in [-0.4, -0.2) is 31.1 Å². The molecule has 3 rings (SSSR count). The quantitative estimate of drug-likeness (QED) is 0.617. The maximum absolute atomic E-state index is 2.59. The summed E-state index contributed by atoms with van der Waals surface area (Å²) in [5.74, 6) is 0. The molecule has 0 bridgehead atoms. The zero-order chi connectivity index (χ0) is 17.3. The van der Waals surface area contributed by atoms with Crippen LogP contribution >= 0.6 is 0 Å². The number of hydrogen-bond acceptors (Lipinski definition) is 2. The van der Waals surface area contributed by atoms with Crippen LogP contribution in [0, 0.1) is 0 Å². The van der Waals surface area contributed by atoms with Crippen LogP contribution in [0.2, 0.25) is 0 Å². The van der Waals surface area contributed by atoms with Gasteiger partial charge < -0.3 is 4.90 Å². The Morgan fingerprint density at radius 1 is 0.760 bits per heavy atom. The molecular weight excluding hydrogens is 304 g/mol. The second-order valence-electron chi connectivity index (χ2n) is 7.19. The summed E-state index contributed by atoms with van der Waals surface area (Å²) >= 11 is 0. The molecule has 0 unspecified atom stereocenters. The van der Waals surface area contributed by atoms with Gasteiger partial charge in [0, 0.05) is 38.4 Å². The highest BCUT2D eigenvalue weighted by Gasteiger charge is 2.18. The highest BCUT2D eigenvalue weighted by Crippen LogP contribution is 2.24. The molecule has 1 saturated heterocycles. The number of rotatable bonds is 8. The van der Waals surface area contributed by atoms with Crippen LogP contribution in [0.15, 0.2) is 54.6 Å². The fourth-order valence-electron chi connectivity index (χ4n) is 3.76. The van der Waals surface area contributed by atoms with Gasteiger partial charge in [0.2, 0.25) is 0 Å². The van der Waals surface area contributed by atoms with Crippen molar-refractivity contribution < 1.29 is 0 Å². The lowest BCUT2D eigenvalue weighted by Gasteiger charge is -2.37. The lowest BCUT2D eigenvalue weighted by Crippen LogP contribution is -2.46. The molecule has 25 heavy (non-hydrogen) atoms. The first kappa shape index (κ1) is 18.0. The van der Waals surface area contributed by atoms with Gasteiger partial charge in [-0.1, -0.05) is 74.7 Å². The van der Waals surface area contributed by atoms with Crippen molar-refractivity contribution in [2.45, 2.75) is 45.6 Å². The highest BCUT2D eigenvalue weighted by molar-refractivity contribution is 5.54. The van der Waals surface area contributed by atoms with E-state index in [0.29, 0.717) is 0 Å². The van der Waals surface area contributed by atoms with E-state index in [1.165, 1.54) is 48.9 Å². The summed E-state index contributed by atoms with van der Waals surface area (Å²) < 4.78 is 0. The van der Waals surface area contributed by atoms with Gasteiger partial charge in [-0.25, -0.2) is 0 Å². The lowest BCUT2D eigenvalue weighted by atomic mass is 10.0. The third-order valence-corrected chi connectivity index (χ3v) is 5.25. The SMILES string of the molecule is CCCCCCc1ccccc1N1CCN(Cc2ccccc2)CC1. The van der Waals surface area contributed by atoms with Crippen molar-refractivity contribution in [3.63, 3.8) is 0 Å². The van der Waals surface area contributed by atoms with Crippen LogP contribution < -0.4 is 4.90 Å². The number of unbranched alkanes of at least 4 members (excludes halogenated alkanes) is 3. The van der Waals surface area contributed by atoms with E-state index < -0.39 is 0 Å². The standard InChI is InChI=1S/C23H32N2/c1-2-3-4-8-13-22-14-9-10-15-23(22)25-18-16-24(17-19-25)20-21-11-6-5-7-12-21/h5-7,9-12,14-15H,2-4,8,13,16-20H2,1H3. The smallest absolute Gasteiger partial charge is 0.0399 e. The number of para-hydroxylation sites is 1. The predicted molar refractivity (Wildman–Crippen MR) is 108 cm³/mol. The molecule has 0 N–H and O–H groups in total. The van der Waals surface area contributed by atoms with Crippen molar-refractivity contribution in [2.24, 2.45) is 0 Å². The Balaban J connectivity index is 1.54. The molecule has 1 aliphatic rings. The Labute approximate surface area is 153 Å². The summed E-state index contributed by atoms with van der Waals surface area (Å²) in [5, 5.41) is 0. The molecule has 0 saturated carbocycles. The monoisotopic (exact) mass is 336 g/mol. The van der Waals surface area contributed by atoms with Crippen molar-refractivity contribution in [1.29, 1.82) is 0 Å². The van der Waals surface area contributed by atoms with Gasteiger partial charge in [-0.3, -0.25) is 4.90 Å². The molecule has 2 aromatic carbocycles. The number of aryl methyl sites for hydroxylation is 1. The van der Waals surface area contributed by atoms with Crippen LogP contribution in [0.25, 0.3) is 0 Å². The number of benzene rings is 2. The Hall–Kier alpha value is -1.80. The van der Waals surface area contributed by atoms with E-state index in [4.69, 9.17) is 0 Å². The summed E-state index contributed by atoms with van der Waals surface area (Å²) in [4.78, 5) is 5.17. The Morgan fingerprint density at radius 2 is 1.48 bits per heavy atom. The van der Waals surface area contributed by atoms with E-state index in [1.54, 1.807) is 0 Å². The van der Waals surface area contributed by atoms with Crippen LogP contribution in [0.4, 0.5) is 5.69 Å². The summed E-state index contributed by atoms with van der Waals surface area (Å²) in [6.07, 6.45) is 6.57. The van der Waals surface area contributed by atoms with Crippen molar-refractivity contribution in [2.75, 3.05) is 31.1 Å². The van der Waals surface area contributed by atoms with E-state index in [2.05, 4.69) is 71.3 Å². The van der Waals surface area contributed by atoms with Gasteiger partial charge in [-0.2, -0.15) is 0 Å². The second kappa shape index (κ2) is 9.62. The van der Waals surface area contributed by atoms with Gasteiger partial charge in [0.15, 0.2) is 0 Å². The molecule has 134 valence electrons. The van der Waals surface area contributed by atoms with Gasteiger partial charge in [0.1, 0.15) is 0 Å². The number of anilines is 1. The molecule has 2 heteroatoms. The van der Waals surface area contributed by atoms with Crippen LogP contribution in [0.5, 0.6) is 0 Å². The minimum atomic E-state index is 1.08. The maximum atomic E-state index is 2.59. The summed E-state index contributed by atoms with van der Waals surface area (Å²) in [6, 6.07) is 19.9. The molecular formula is C23H32N2. The van der Waals surface area contributed by atoms with E-state index in [0.717, 1.165) is 32.7 Å². The Morgan fingerprint density at radius 3 is 2.24 bits per heavy atom. The average molecular weight is 337 g/mol. The molecule has 0 aliphatic carbocycles. The minimum Gasteiger partial charge on any atom is -0.369 e. The van der Waals surface area contributed by atoms with Crippen molar-refractivity contribution in [3.05, 3.63) is 65.7 Å². The lowest BCUT2D eigenvalue weighted by molar-refractivity contribution is 0.249.